The van der Waals surface area contributed by atoms with Gasteiger partial charge in [-0.05, 0) is 55.5 Å². The summed E-state index contributed by atoms with van der Waals surface area (Å²) in [7, 11) is 0. The third kappa shape index (κ3) is 4.63. The number of nitrogens with zero attached hydrogens (tertiary/aromatic N) is 1. The largest absolute Gasteiger partial charge is 0.489 e. The molecule has 4 atom stereocenters. The number of ether oxygens (including phenoxy) is 3. The molecule has 0 radical (unpaired) electrons. The fourth-order valence-corrected chi connectivity index (χ4v) is 5.06. The van der Waals surface area contributed by atoms with Crippen LogP contribution in [0.4, 0.5) is 10.5 Å². The van der Waals surface area contributed by atoms with Crippen LogP contribution in [-0.4, -0.2) is 48.2 Å². The molecule has 3 heterocycles. The molecule has 8 heteroatoms. The van der Waals surface area contributed by atoms with Crippen LogP contribution in [0.15, 0.2) is 54.6 Å². The monoisotopic (exact) mass is 464 g/mol. The van der Waals surface area contributed by atoms with Crippen molar-refractivity contribution < 1.29 is 28.6 Å². The Morgan fingerprint density at radius 3 is 2.29 bits per heavy atom. The number of rotatable bonds is 9. The molecule has 8 nitrogen and oxygen atoms in total. The van der Waals surface area contributed by atoms with Crippen molar-refractivity contribution in [2.75, 3.05) is 18.5 Å². The molecule has 178 valence electrons. The van der Waals surface area contributed by atoms with Crippen LogP contribution in [0.1, 0.15) is 31.2 Å². The second kappa shape index (κ2) is 9.85. The first kappa shape index (κ1) is 22.4. The second-order valence-electron chi connectivity index (χ2n) is 8.94. The Bertz CT molecular complexity index is 1010. The Labute approximate surface area is 198 Å². The SMILES string of the molecule is O=C(Nc1ccc(OCc2ccccc2)cc1)OCCCCN1C(=O)C2C3CCC(O3)C2C1=O. The minimum atomic E-state index is -0.547. The summed E-state index contributed by atoms with van der Waals surface area (Å²) in [5, 5.41) is 2.68. The number of benzene rings is 2. The molecule has 3 aliphatic heterocycles. The minimum absolute atomic E-state index is 0.0898. The van der Waals surface area contributed by atoms with Gasteiger partial charge in [-0.2, -0.15) is 0 Å². The molecule has 1 N–H and O–H groups in total. The predicted molar refractivity (Wildman–Crippen MR) is 123 cm³/mol. The van der Waals surface area contributed by atoms with Crippen molar-refractivity contribution in [1.29, 1.82) is 0 Å². The Hall–Kier alpha value is -3.39. The number of imide groups is 1. The molecule has 3 aliphatic rings. The Morgan fingerprint density at radius 2 is 1.62 bits per heavy atom. The summed E-state index contributed by atoms with van der Waals surface area (Å²) in [5.74, 6) is -0.0709. The predicted octanol–water partition coefficient (Wildman–Crippen LogP) is 3.76. The Morgan fingerprint density at radius 1 is 0.941 bits per heavy atom. The second-order valence-corrected chi connectivity index (χ2v) is 8.94. The van der Waals surface area contributed by atoms with E-state index < -0.39 is 6.09 Å². The lowest BCUT2D eigenvalue weighted by molar-refractivity contribution is -0.142. The van der Waals surface area contributed by atoms with Gasteiger partial charge in [-0.3, -0.25) is 19.8 Å². The average Bonchev–Trinajstić information content (AvgIpc) is 3.54. The van der Waals surface area contributed by atoms with E-state index in [0.29, 0.717) is 37.4 Å². The zero-order valence-electron chi connectivity index (χ0n) is 18.9. The van der Waals surface area contributed by atoms with Crippen molar-refractivity contribution in [1.82, 2.24) is 4.90 Å². The van der Waals surface area contributed by atoms with Crippen molar-refractivity contribution in [2.45, 2.75) is 44.5 Å². The number of fused-ring (bicyclic) bond motifs is 5. The lowest BCUT2D eigenvalue weighted by Gasteiger charge is -2.17. The van der Waals surface area contributed by atoms with Crippen LogP contribution in [0, 0.1) is 11.8 Å². The van der Waals surface area contributed by atoms with E-state index in [2.05, 4.69) is 5.32 Å². The molecule has 0 aromatic heterocycles. The van der Waals surface area contributed by atoms with Gasteiger partial charge in [0.2, 0.25) is 11.8 Å². The Kier molecular flexibility index (Phi) is 6.49. The van der Waals surface area contributed by atoms with Gasteiger partial charge >= 0.3 is 6.09 Å². The fourth-order valence-electron chi connectivity index (χ4n) is 5.06. The summed E-state index contributed by atoms with van der Waals surface area (Å²) in [5.41, 5.74) is 1.68. The van der Waals surface area contributed by atoms with Crippen molar-refractivity contribution in [3.63, 3.8) is 0 Å². The molecule has 5 rings (SSSR count). The minimum Gasteiger partial charge on any atom is -0.489 e. The van der Waals surface area contributed by atoms with Gasteiger partial charge in [-0.1, -0.05) is 30.3 Å². The van der Waals surface area contributed by atoms with Gasteiger partial charge in [0, 0.05) is 12.2 Å². The number of likely N-dealkylation sites (tertiary alicyclic amines) is 1. The van der Waals surface area contributed by atoms with Crippen LogP contribution in [0.2, 0.25) is 0 Å². The molecule has 4 unspecified atom stereocenters. The molecule has 0 saturated carbocycles. The number of anilines is 1. The lowest BCUT2D eigenvalue weighted by Crippen LogP contribution is -2.35. The van der Waals surface area contributed by atoms with E-state index in [9.17, 15) is 14.4 Å². The highest BCUT2D eigenvalue weighted by Crippen LogP contribution is 2.48. The molecule has 3 fully saturated rings. The molecule has 2 aromatic rings. The third-order valence-corrected chi connectivity index (χ3v) is 6.73. The maximum atomic E-state index is 12.6. The van der Waals surface area contributed by atoms with E-state index in [4.69, 9.17) is 14.2 Å². The first-order valence-electron chi connectivity index (χ1n) is 11.8. The van der Waals surface area contributed by atoms with Gasteiger partial charge in [-0.25, -0.2) is 4.79 Å². The molecule has 3 amide bonds. The van der Waals surface area contributed by atoms with Crippen molar-refractivity contribution >= 4 is 23.6 Å². The smallest absolute Gasteiger partial charge is 0.411 e. The normalized spacial score (nSPS) is 24.9. The molecule has 2 aromatic carbocycles. The van der Waals surface area contributed by atoms with Gasteiger partial charge in [0.05, 0.1) is 30.7 Å². The topological polar surface area (TPSA) is 94.2 Å². The molecule has 0 spiro atoms. The zero-order chi connectivity index (χ0) is 23.5. The fraction of sp³-hybridized carbons (Fsp3) is 0.423. The molecule has 34 heavy (non-hydrogen) atoms. The molecule has 2 bridgehead atoms. The lowest BCUT2D eigenvalue weighted by atomic mass is 9.81. The van der Waals surface area contributed by atoms with E-state index in [1.165, 1.54) is 4.90 Å². The van der Waals surface area contributed by atoms with Gasteiger partial charge < -0.3 is 14.2 Å². The summed E-state index contributed by atoms with van der Waals surface area (Å²) in [6.07, 6.45) is 2.16. The number of amides is 3. The maximum Gasteiger partial charge on any atom is 0.411 e. The summed E-state index contributed by atoms with van der Waals surface area (Å²) < 4.78 is 16.7. The van der Waals surface area contributed by atoms with Gasteiger partial charge in [0.15, 0.2) is 0 Å². The number of hydrogen-bond donors (Lipinski definition) is 1. The van der Waals surface area contributed by atoms with Crippen LogP contribution in [0.3, 0.4) is 0 Å². The van der Waals surface area contributed by atoms with Crippen LogP contribution < -0.4 is 10.1 Å². The highest BCUT2D eigenvalue weighted by atomic mass is 16.5. The standard InChI is InChI=1S/C26H28N2O6/c29-24-22-20-12-13-21(34-20)23(22)25(30)28(24)14-4-5-15-32-26(31)27-18-8-10-19(11-9-18)33-16-17-6-2-1-3-7-17/h1-3,6-11,20-23H,4-5,12-16H2,(H,27,31). The van der Waals surface area contributed by atoms with Gasteiger partial charge in [0.1, 0.15) is 12.4 Å². The number of nitrogens with one attached hydrogen (secondary N) is 1. The maximum absolute atomic E-state index is 12.6. The number of carbonyl (C=O) groups excluding carboxylic acids is 3. The van der Waals surface area contributed by atoms with E-state index >= 15 is 0 Å². The number of carbonyl (C=O) groups is 3. The summed E-state index contributed by atoms with van der Waals surface area (Å²) in [6, 6.07) is 17.0. The molecular weight excluding hydrogens is 436 g/mol. The Balaban J connectivity index is 0.990. The van der Waals surface area contributed by atoms with Crippen LogP contribution in [-0.2, 0) is 25.7 Å². The van der Waals surface area contributed by atoms with E-state index in [-0.39, 0.29) is 42.5 Å². The highest BCUT2D eigenvalue weighted by molar-refractivity contribution is 6.06. The average molecular weight is 465 g/mol. The van der Waals surface area contributed by atoms with Gasteiger partial charge in [0.25, 0.3) is 0 Å². The third-order valence-electron chi connectivity index (χ3n) is 6.73. The van der Waals surface area contributed by atoms with Crippen LogP contribution in [0.25, 0.3) is 0 Å². The number of hydrogen-bond acceptors (Lipinski definition) is 6. The highest BCUT2D eigenvalue weighted by Gasteiger charge is 2.62. The molecule has 3 saturated heterocycles. The van der Waals surface area contributed by atoms with E-state index in [1.807, 2.05) is 30.3 Å². The van der Waals surface area contributed by atoms with E-state index in [1.54, 1.807) is 24.3 Å². The van der Waals surface area contributed by atoms with Gasteiger partial charge in [-0.15, -0.1) is 0 Å². The quantitative estimate of drug-likeness (QED) is 0.449. The van der Waals surface area contributed by atoms with Crippen molar-refractivity contribution in [2.24, 2.45) is 11.8 Å². The summed E-state index contributed by atoms with van der Waals surface area (Å²) in [4.78, 5) is 38.7. The van der Waals surface area contributed by atoms with Crippen molar-refractivity contribution in [3.8, 4) is 5.75 Å². The summed E-state index contributed by atoms with van der Waals surface area (Å²) in [6.45, 7) is 1.04. The number of unbranched alkanes of at least 4 members (excludes halogenated alkanes) is 1. The molecule has 0 aliphatic carbocycles. The molecular formula is C26H28N2O6. The van der Waals surface area contributed by atoms with E-state index in [0.717, 1.165) is 18.4 Å². The zero-order valence-corrected chi connectivity index (χ0v) is 18.9. The first-order chi connectivity index (χ1) is 16.6. The first-order valence-corrected chi connectivity index (χ1v) is 11.8. The van der Waals surface area contributed by atoms with Crippen molar-refractivity contribution in [3.05, 3.63) is 60.2 Å². The van der Waals surface area contributed by atoms with Crippen LogP contribution in [0.5, 0.6) is 5.75 Å². The van der Waals surface area contributed by atoms with Crippen LogP contribution >= 0.6 is 0 Å². The summed E-state index contributed by atoms with van der Waals surface area (Å²) >= 11 is 0.